The number of hydrogen-bond donors (Lipinski definition) is 1. The lowest BCUT2D eigenvalue weighted by molar-refractivity contribution is 0.0756. The average Bonchev–Trinajstić information content (AvgIpc) is 3.32. The summed E-state index contributed by atoms with van der Waals surface area (Å²) < 4.78 is 6.93. The fourth-order valence-corrected chi connectivity index (χ4v) is 4.10. The van der Waals surface area contributed by atoms with Crippen LogP contribution in [0.4, 0.5) is 0 Å². The Bertz CT molecular complexity index is 837. The van der Waals surface area contributed by atoms with Crippen LogP contribution in [0.5, 0.6) is 0 Å². The molecule has 1 aliphatic rings. The highest BCUT2D eigenvalue weighted by atomic mass is 32.1. The third-order valence-electron chi connectivity index (χ3n) is 4.39. The van der Waals surface area contributed by atoms with Crippen molar-refractivity contribution in [3.8, 4) is 10.8 Å². The van der Waals surface area contributed by atoms with Gasteiger partial charge in [0.2, 0.25) is 0 Å². The normalized spacial score (nSPS) is 17.7. The fraction of sp³-hybridized carbons (Fsp3) is 0.333. The number of thiazole rings is 1. The molecule has 1 saturated heterocycles. The number of likely N-dealkylation sites (tertiary alicyclic amines) is 1. The minimum atomic E-state index is -0.0269. The van der Waals surface area contributed by atoms with Gasteiger partial charge in [-0.3, -0.25) is 4.79 Å². The number of hydrogen-bond acceptors (Lipinski definition) is 5. The van der Waals surface area contributed by atoms with Crippen LogP contribution in [0.3, 0.4) is 0 Å². The molecule has 1 atom stereocenters. The van der Waals surface area contributed by atoms with E-state index < -0.39 is 0 Å². The largest absolute Gasteiger partial charge is 0.448 e. The number of furan rings is 1. The molecule has 0 aliphatic carbocycles. The zero-order valence-electron chi connectivity index (χ0n) is 13.5. The van der Waals surface area contributed by atoms with Crippen molar-refractivity contribution in [3.05, 3.63) is 42.2 Å². The first-order chi connectivity index (χ1) is 11.7. The third-order valence-corrected chi connectivity index (χ3v) is 5.44. The zero-order chi connectivity index (χ0) is 16.5. The number of amides is 1. The molecule has 1 aromatic carbocycles. The number of para-hydroxylation sites is 1. The lowest BCUT2D eigenvalue weighted by Gasteiger charge is -2.14. The number of benzene rings is 1. The van der Waals surface area contributed by atoms with Gasteiger partial charge < -0.3 is 14.6 Å². The monoisotopic (exact) mass is 341 g/mol. The molecule has 1 unspecified atom stereocenters. The van der Waals surface area contributed by atoms with Crippen LogP contribution in [-0.4, -0.2) is 42.5 Å². The molecule has 3 aromatic rings. The topological polar surface area (TPSA) is 58.4 Å². The van der Waals surface area contributed by atoms with Crippen molar-refractivity contribution in [2.45, 2.75) is 6.42 Å². The number of carbonyl (C=O) groups excluding carboxylic acids is 1. The van der Waals surface area contributed by atoms with Crippen LogP contribution in [0.25, 0.3) is 21.0 Å². The summed E-state index contributed by atoms with van der Waals surface area (Å²) in [6.45, 7) is 2.53. The average molecular weight is 341 g/mol. The number of nitrogens with zero attached hydrogens (tertiary/aromatic N) is 2. The van der Waals surface area contributed by atoms with Crippen molar-refractivity contribution in [2.24, 2.45) is 5.92 Å². The highest BCUT2D eigenvalue weighted by Crippen LogP contribution is 2.31. The third kappa shape index (κ3) is 2.83. The maximum atomic E-state index is 12.6. The van der Waals surface area contributed by atoms with Crippen molar-refractivity contribution in [1.29, 1.82) is 0 Å². The second-order valence-electron chi connectivity index (χ2n) is 6.11. The highest BCUT2D eigenvalue weighted by molar-refractivity contribution is 7.21. The van der Waals surface area contributed by atoms with Gasteiger partial charge in [0.05, 0.1) is 10.2 Å². The Balaban J connectivity index is 1.53. The molecule has 0 bridgehead atoms. The number of rotatable bonds is 4. The lowest BCUT2D eigenvalue weighted by Crippen LogP contribution is -2.30. The Labute approximate surface area is 144 Å². The molecule has 1 fully saturated rings. The fourth-order valence-electron chi connectivity index (χ4n) is 3.17. The van der Waals surface area contributed by atoms with Crippen LogP contribution in [0.15, 0.2) is 40.8 Å². The van der Waals surface area contributed by atoms with Gasteiger partial charge in [0.1, 0.15) is 0 Å². The first-order valence-electron chi connectivity index (χ1n) is 8.14. The molecule has 5 nitrogen and oxygen atoms in total. The number of nitrogens with one attached hydrogen (secondary N) is 1. The van der Waals surface area contributed by atoms with Crippen LogP contribution < -0.4 is 5.32 Å². The molecule has 1 amide bonds. The molecule has 2 aromatic heterocycles. The molecule has 0 radical (unpaired) electrons. The predicted octanol–water partition coefficient (Wildman–Crippen LogP) is 3.24. The van der Waals surface area contributed by atoms with Crippen molar-refractivity contribution in [2.75, 3.05) is 26.7 Å². The summed E-state index contributed by atoms with van der Waals surface area (Å²) in [5.74, 6) is 1.55. The Morgan fingerprint density at radius 2 is 2.25 bits per heavy atom. The van der Waals surface area contributed by atoms with Crippen molar-refractivity contribution in [3.63, 3.8) is 0 Å². The van der Waals surface area contributed by atoms with E-state index in [1.807, 2.05) is 42.3 Å². The van der Waals surface area contributed by atoms with E-state index in [2.05, 4.69) is 10.3 Å². The summed E-state index contributed by atoms with van der Waals surface area (Å²) in [6, 6.07) is 11.6. The van der Waals surface area contributed by atoms with Gasteiger partial charge in [-0.05, 0) is 50.2 Å². The molecule has 6 heteroatoms. The summed E-state index contributed by atoms with van der Waals surface area (Å²) in [4.78, 5) is 19.1. The standard InChI is InChI=1S/C18H19N3O2S/c1-19-10-12-8-9-21(11-12)18(22)15-7-6-14(23-15)17-20-13-4-2-3-5-16(13)24-17/h2-7,12,19H,8-11H2,1H3. The first kappa shape index (κ1) is 15.4. The predicted molar refractivity (Wildman–Crippen MR) is 95.3 cm³/mol. The molecular formula is C18H19N3O2S. The molecule has 3 heterocycles. The minimum Gasteiger partial charge on any atom is -0.448 e. The summed E-state index contributed by atoms with van der Waals surface area (Å²) in [6.07, 6.45) is 1.04. The Morgan fingerprint density at radius 3 is 3.08 bits per heavy atom. The molecular weight excluding hydrogens is 322 g/mol. The van der Waals surface area contributed by atoms with E-state index in [-0.39, 0.29) is 5.91 Å². The van der Waals surface area contributed by atoms with Gasteiger partial charge in [0.15, 0.2) is 16.5 Å². The molecule has 0 saturated carbocycles. The molecule has 1 aliphatic heterocycles. The van der Waals surface area contributed by atoms with Crippen LogP contribution >= 0.6 is 11.3 Å². The van der Waals surface area contributed by atoms with Gasteiger partial charge in [-0.1, -0.05) is 12.1 Å². The second kappa shape index (κ2) is 6.37. The summed E-state index contributed by atoms with van der Waals surface area (Å²) in [5, 5.41) is 3.99. The van der Waals surface area contributed by atoms with Gasteiger partial charge in [-0.25, -0.2) is 4.98 Å². The van der Waals surface area contributed by atoms with E-state index in [1.165, 1.54) is 0 Å². The van der Waals surface area contributed by atoms with E-state index in [0.717, 1.165) is 41.3 Å². The lowest BCUT2D eigenvalue weighted by atomic mass is 10.1. The van der Waals surface area contributed by atoms with Crippen molar-refractivity contribution >= 4 is 27.5 Å². The number of aromatic nitrogens is 1. The molecule has 4 rings (SSSR count). The summed E-state index contributed by atoms with van der Waals surface area (Å²) in [5.41, 5.74) is 0.955. The van der Waals surface area contributed by atoms with Gasteiger partial charge >= 0.3 is 0 Å². The van der Waals surface area contributed by atoms with Gasteiger partial charge in [-0.15, -0.1) is 11.3 Å². The molecule has 1 N–H and O–H groups in total. The van der Waals surface area contributed by atoms with Gasteiger partial charge in [-0.2, -0.15) is 0 Å². The quantitative estimate of drug-likeness (QED) is 0.791. The van der Waals surface area contributed by atoms with Crippen LogP contribution in [-0.2, 0) is 0 Å². The van der Waals surface area contributed by atoms with Crippen LogP contribution in [0, 0.1) is 5.92 Å². The Morgan fingerprint density at radius 1 is 1.38 bits per heavy atom. The molecule has 124 valence electrons. The minimum absolute atomic E-state index is 0.0269. The van der Waals surface area contributed by atoms with Crippen molar-refractivity contribution in [1.82, 2.24) is 15.2 Å². The number of carbonyl (C=O) groups is 1. The maximum absolute atomic E-state index is 12.6. The van der Waals surface area contributed by atoms with E-state index in [9.17, 15) is 4.79 Å². The first-order valence-corrected chi connectivity index (χ1v) is 8.96. The second-order valence-corrected chi connectivity index (χ2v) is 7.14. The molecule has 24 heavy (non-hydrogen) atoms. The van der Waals surface area contributed by atoms with Gasteiger partial charge in [0.25, 0.3) is 5.91 Å². The smallest absolute Gasteiger partial charge is 0.289 e. The highest BCUT2D eigenvalue weighted by Gasteiger charge is 2.28. The summed E-state index contributed by atoms with van der Waals surface area (Å²) in [7, 11) is 1.95. The van der Waals surface area contributed by atoms with Gasteiger partial charge in [0, 0.05) is 13.1 Å². The zero-order valence-corrected chi connectivity index (χ0v) is 14.3. The van der Waals surface area contributed by atoms with Crippen LogP contribution in [0.1, 0.15) is 17.0 Å². The van der Waals surface area contributed by atoms with E-state index in [1.54, 1.807) is 17.4 Å². The number of fused-ring (bicyclic) bond motifs is 1. The van der Waals surface area contributed by atoms with E-state index >= 15 is 0 Å². The molecule has 0 spiro atoms. The van der Waals surface area contributed by atoms with Crippen molar-refractivity contribution < 1.29 is 9.21 Å². The van der Waals surface area contributed by atoms with Crippen LogP contribution in [0.2, 0.25) is 0 Å². The Kier molecular flexibility index (Phi) is 4.08. The maximum Gasteiger partial charge on any atom is 0.289 e. The summed E-state index contributed by atoms with van der Waals surface area (Å²) >= 11 is 1.58. The van der Waals surface area contributed by atoms with E-state index in [4.69, 9.17) is 4.42 Å². The SMILES string of the molecule is CNCC1CCN(C(=O)c2ccc(-c3nc4ccccc4s3)o2)C1. The van der Waals surface area contributed by atoms with E-state index in [0.29, 0.717) is 17.4 Å². The Hall–Kier alpha value is -2.18.